The van der Waals surface area contributed by atoms with Gasteiger partial charge in [-0.3, -0.25) is 4.79 Å². The van der Waals surface area contributed by atoms with Crippen molar-refractivity contribution in [1.29, 1.82) is 5.26 Å². The molecular weight excluding hydrogens is 380 g/mol. The minimum atomic E-state index is -1.11. The van der Waals surface area contributed by atoms with E-state index in [1.54, 1.807) is 36.4 Å². The van der Waals surface area contributed by atoms with Crippen molar-refractivity contribution < 1.29 is 19.1 Å². The molecule has 28 heavy (non-hydrogen) atoms. The number of nitrogens with zero attached hydrogens (tertiary/aromatic N) is 1. The van der Waals surface area contributed by atoms with Crippen LogP contribution in [-0.4, -0.2) is 17.0 Å². The Balaban J connectivity index is 1.79. The number of hydrogen-bond acceptors (Lipinski definition) is 4. The van der Waals surface area contributed by atoms with E-state index in [0.717, 1.165) is 5.56 Å². The van der Waals surface area contributed by atoms with E-state index in [-0.39, 0.29) is 16.8 Å². The van der Waals surface area contributed by atoms with Gasteiger partial charge in [0, 0.05) is 22.3 Å². The number of furan rings is 1. The summed E-state index contributed by atoms with van der Waals surface area (Å²) in [5.74, 6) is -0.891. The standard InChI is InChI=1S/C21H13ClN2O4/c22-16-6-4-13(5-7-16)19-9-8-18(28-19)11-15(12-23)20(25)24-17-3-1-2-14(10-17)21(26)27/h1-11H,(H,24,25)(H,26,27). The summed E-state index contributed by atoms with van der Waals surface area (Å²) in [6.45, 7) is 0. The van der Waals surface area contributed by atoms with Gasteiger partial charge in [-0.2, -0.15) is 5.26 Å². The second-order valence-electron chi connectivity index (χ2n) is 5.72. The molecule has 0 radical (unpaired) electrons. The molecule has 6 nitrogen and oxygen atoms in total. The van der Waals surface area contributed by atoms with Crippen molar-refractivity contribution in [3.63, 3.8) is 0 Å². The molecule has 0 aliphatic heterocycles. The molecule has 0 bridgehead atoms. The van der Waals surface area contributed by atoms with Gasteiger partial charge in [0.05, 0.1) is 5.56 Å². The maximum Gasteiger partial charge on any atom is 0.335 e. The third kappa shape index (κ3) is 4.47. The fourth-order valence-corrected chi connectivity index (χ4v) is 2.54. The zero-order chi connectivity index (χ0) is 20.1. The lowest BCUT2D eigenvalue weighted by molar-refractivity contribution is -0.112. The molecule has 138 valence electrons. The van der Waals surface area contributed by atoms with E-state index in [2.05, 4.69) is 5.32 Å². The average molecular weight is 393 g/mol. The van der Waals surface area contributed by atoms with E-state index in [1.165, 1.54) is 30.3 Å². The molecule has 2 aromatic carbocycles. The number of anilines is 1. The maximum atomic E-state index is 12.3. The highest BCUT2D eigenvalue weighted by molar-refractivity contribution is 6.30. The first-order chi connectivity index (χ1) is 13.5. The maximum absolute atomic E-state index is 12.3. The third-order valence-electron chi connectivity index (χ3n) is 3.77. The Morgan fingerprint density at radius 2 is 1.86 bits per heavy atom. The molecule has 3 aromatic rings. The van der Waals surface area contributed by atoms with Crippen LogP contribution in [0, 0.1) is 11.3 Å². The smallest absolute Gasteiger partial charge is 0.335 e. The van der Waals surface area contributed by atoms with Crippen LogP contribution in [0.15, 0.2) is 70.7 Å². The van der Waals surface area contributed by atoms with Crippen LogP contribution in [0.4, 0.5) is 5.69 Å². The van der Waals surface area contributed by atoms with E-state index in [4.69, 9.17) is 21.1 Å². The van der Waals surface area contributed by atoms with Crippen LogP contribution in [0.5, 0.6) is 0 Å². The summed E-state index contributed by atoms with van der Waals surface area (Å²) in [5, 5.41) is 21.4. The van der Waals surface area contributed by atoms with Gasteiger partial charge in [-0.15, -0.1) is 0 Å². The van der Waals surface area contributed by atoms with Crippen LogP contribution in [0.25, 0.3) is 17.4 Å². The van der Waals surface area contributed by atoms with Gasteiger partial charge in [0.25, 0.3) is 5.91 Å². The van der Waals surface area contributed by atoms with E-state index >= 15 is 0 Å². The molecule has 1 heterocycles. The molecule has 0 atom stereocenters. The summed E-state index contributed by atoms with van der Waals surface area (Å²) in [5.41, 5.74) is 0.918. The molecule has 0 unspecified atom stereocenters. The van der Waals surface area contributed by atoms with Gasteiger partial charge in [-0.25, -0.2) is 4.79 Å². The van der Waals surface area contributed by atoms with Gasteiger partial charge in [-0.05, 0) is 54.6 Å². The molecule has 0 fully saturated rings. The van der Waals surface area contributed by atoms with Crippen molar-refractivity contribution in [2.75, 3.05) is 5.32 Å². The Kier molecular flexibility index (Phi) is 5.58. The Hall–Kier alpha value is -3.82. The van der Waals surface area contributed by atoms with Gasteiger partial charge >= 0.3 is 5.97 Å². The molecular formula is C21H13ClN2O4. The van der Waals surface area contributed by atoms with Crippen LogP contribution in [0.2, 0.25) is 5.02 Å². The van der Waals surface area contributed by atoms with Gasteiger partial charge < -0.3 is 14.8 Å². The lowest BCUT2D eigenvalue weighted by Crippen LogP contribution is -2.13. The summed E-state index contributed by atoms with van der Waals surface area (Å²) in [4.78, 5) is 23.3. The molecule has 0 saturated heterocycles. The number of rotatable bonds is 5. The van der Waals surface area contributed by atoms with Crippen molar-refractivity contribution >= 4 is 35.2 Å². The van der Waals surface area contributed by atoms with Crippen molar-refractivity contribution in [2.24, 2.45) is 0 Å². The molecule has 0 saturated carbocycles. The fourth-order valence-electron chi connectivity index (χ4n) is 2.42. The molecule has 1 aromatic heterocycles. The quantitative estimate of drug-likeness (QED) is 0.477. The Morgan fingerprint density at radius 1 is 1.11 bits per heavy atom. The number of carboxylic acids is 1. The Morgan fingerprint density at radius 3 is 2.54 bits per heavy atom. The zero-order valence-electron chi connectivity index (χ0n) is 14.3. The van der Waals surface area contributed by atoms with Crippen LogP contribution >= 0.6 is 11.6 Å². The highest BCUT2D eigenvalue weighted by Gasteiger charge is 2.12. The first-order valence-electron chi connectivity index (χ1n) is 8.08. The van der Waals surface area contributed by atoms with Crippen LogP contribution in [0.1, 0.15) is 16.1 Å². The number of aromatic carboxylic acids is 1. The number of halogens is 1. The second kappa shape index (κ2) is 8.25. The number of carboxylic acid groups (broad SMARTS) is 1. The zero-order valence-corrected chi connectivity index (χ0v) is 15.1. The second-order valence-corrected chi connectivity index (χ2v) is 6.16. The van der Waals surface area contributed by atoms with Crippen LogP contribution < -0.4 is 5.32 Å². The fraction of sp³-hybridized carbons (Fsp3) is 0. The minimum absolute atomic E-state index is 0.0268. The van der Waals surface area contributed by atoms with E-state index in [1.807, 2.05) is 6.07 Å². The van der Waals surface area contributed by atoms with Crippen LogP contribution in [0.3, 0.4) is 0 Å². The minimum Gasteiger partial charge on any atom is -0.478 e. The van der Waals surface area contributed by atoms with E-state index in [9.17, 15) is 14.9 Å². The van der Waals surface area contributed by atoms with Crippen LogP contribution in [-0.2, 0) is 4.79 Å². The normalized spacial score (nSPS) is 10.9. The molecule has 0 aliphatic rings. The topological polar surface area (TPSA) is 103 Å². The van der Waals surface area contributed by atoms with Crippen molar-refractivity contribution in [3.05, 3.63) is 82.6 Å². The Bertz CT molecular complexity index is 1110. The molecule has 7 heteroatoms. The lowest BCUT2D eigenvalue weighted by atomic mass is 10.2. The van der Waals surface area contributed by atoms with Crippen molar-refractivity contribution in [3.8, 4) is 17.4 Å². The molecule has 0 aliphatic carbocycles. The number of nitrogens with one attached hydrogen (secondary N) is 1. The molecule has 1 amide bonds. The highest BCUT2D eigenvalue weighted by atomic mass is 35.5. The number of carbonyl (C=O) groups excluding carboxylic acids is 1. The Labute approximate surface area is 165 Å². The summed E-state index contributed by atoms with van der Waals surface area (Å²) in [6, 6.07) is 18.0. The number of benzene rings is 2. The predicted octanol–water partition coefficient (Wildman–Crippen LogP) is 4.84. The molecule has 2 N–H and O–H groups in total. The highest BCUT2D eigenvalue weighted by Crippen LogP contribution is 2.25. The third-order valence-corrected chi connectivity index (χ3v) is 4.03. The predicted molar refractivity (Wildman–Crippen MR) is 105 cm³/mol. The summed E-state index contributed by atoms with van der Waals surface area (Å²) >= 11 is 5.87. The van der Waals surface area contributed by atoms with Gasteiger partial charge in [0.1, 0.15) is 23.2 Å². The van der Waals surface area contributed by atoms with Gasteiger partial charge in [-0.1, -0.05) is 17.7 Å². The summed E-state index contributed by atoms with van der Waals surface area (Å²) < 4.78 is 5.66. The molecule has 3 rings (SSSR count). The number of amides is 1. The van der Waals surface area contributed by atoms with E-state index < -0.39 is 11.9 Å². The van der Waals surface area contributed by atoms with E-state index in [0.29, 0.717) is 16.5 Å². The van der Waals surface area contributed by atoms with Crippen molar-refractivity contribution in [2.45, 2.75) is 0 Å². The number of nitriles is 1. The first-order valence-corrected chi connectivity index (χ1v) is 8.46. The average Bonchev–Trinajstić information content (AvgIpc) is 3.15. The number of carbonyl (C=O) groups is 2. The monoisotopic (exact) mass is 392 g/mol. The molecule has 0 spiro atoms. The summed E-state index contributed by atoms with van der Waals surface area (Å²) in [6.07, 6.45) is 1.32. The summed E-state index contributed by atoms with van der Waals surface area (Å²) in [7, 11) is 0. The first kappa shape index (κ1) is 19.0. The lowest BCUT2D eigenvalue weighted by Gasteiger charge is -2.05. The van der Waals surface area contributed by atoms with Gasteiger partial charge in [0.15, 0.2) is 0 Å². The number of hydrogen-bond donors (Lipinski definition) is 2. The van der Waals surface area contributed by atoms with Gasteiger partial charge in [0.2, 0.25) is 0 Å². The SMILES string of the molecule is N#CC(=Cc1ccc(-c2ccc(Cl)cc2)o1)C(=O)Nc1cccc(C(=O)O)c1. The van der Waals surface area contributed by atoms with Crippen molar-refractivity contribution in [1.82, 2.24) is 0 Å². The largest absolute Gasteiger partial charge is 0.478 e.